The normalized spacial score (nSPS) is 12.4. The molecule has 7 aromatic rings. The fraction of sp³-hybridized carbons (Fsp3) is 0. The molecule has 63 heavy (non-hydrogen) atoms. The summed E-state index contributed by atoms with van der Waals surface area (Å²) in [4.78, 5) is 8.06. The molecule has 7 rings (SSSR count). The van der Waals surface area contributed by atoms with Gasteiger partial charge < -0.3 is 16.6 Å². The van der Waals surface area contributed by atoms with E-state index in [0.29, 0.717) is 33.4 Å². The van der Waals surface area contributed by atoms with Crippen LogP contribution in [0.25, 0.3) is 32.7 Å². The average Bonchev–Trinajstić information content (AvgIpc) is 3.22. The van der Waals surface area contributed by atoms with Crippen LogP contribution in [0.15, 0.2) is 161 Å². The Bertz CT molecular complexity index is 3430. The first-order valence-electron chi connectivity index (χ1n) is 17.3. The molecule has 0 bridgehead atoms. The van der Waals surface area contributed by atoms with Crippen molar-refractivity contribution in [2.24, 2.45) is 30.7 Å². The number of rotatable bonds is 11. The second-order valence-electron chi connectivity index (χ2n) is 13.1. The van der Waals surface area contributed by atoms with Gasteiger partial charge in [0.1, 0.15) is 21.2 Å². The number of phenols is 1. The minimum absolute atomic E-state index is 0. The fourth-order valence-corrected chi connectivity index (χ4v) is 7.93. The summed E-state index contributed by atoms with van der Waals surface area (Å²) in [6.45, 7) is 0. The maximum absolute atomic E-state index is 12.5. The molecule has 0 saturated heterocycles. The molecule has 314 valence electrons. The van der Waals surface area contributed by atoms with E-state index in [1.165, 1.54) is 42.5 Å². The number of nitro benzene ring substituents is 1. The minimum Gasteiger partial charge on any atom is -0.505 e. The van der Waals surface area contributed by atoms with Gasteiger partial charge in [-0.1, -0.05) is 30.3 Å². The van der Waals surface area contributed by atoms with Crippen molar-refractivity contribution >= 4 is 103 Å². The third-order valence-corrected chi connectivity index (χ3v) is 11.7. The first kappa shape index (κ1) is 45.9. The molecule has 0 aliphatic carbocycles. The Kier molecular flexibility index (Phi) is 12.9. The topological polar surface area (TPSA) is 353 Å². The monoisotopic (exact) mass is 920 g/mol. The van der Waals surface area contributed by atoms with Crippen LogP contribution in [0.4, 0.5) is 51.2 Å². The van der Waals surface area contributed by atoms with E-state index < -0.39 is 73.3 Å². The Hall–Kier alpha value is -6.61. The van der Waals surface area contributed by atoms with Crippen molar-refractivity contribution in [1.29, 1.82) is 0 Å². The molecule has 8 N–H and O–H groups in total. The van der Waals surface area contributed by atoms with Gasteiger partial charge in [0, 0.05) is 28.6 Å². The number of nitrogen functional groups attached to an aromatic ring is 2. The van der Waals surface area contributed by atoms with Gasteiger partial charge in [-0.25, -0.2) is 0 Å². The molecular formula is C38H27N9NaO12S3+. The van der Waals surface area contributed by atoms with E-state index in [2.05, 4.69) is 30.7 Å². The smallest absolute Gasteiger partial charge is 0.505 e. The number of non-ortho nitro benzene ring substituents is 1. The van der Waals surface area contributed by atoms with Gasteiger partial charge in [-0.15, -0.1) is 15.3 Å². The van der Waals surface area contributed by atoms with Crippen molar-refractivity contribution in [2.75, 3.05) is 11.5 Å². The number of azo groups is 3. The van der Waals surface area contributed by atoms with E-state index in [9.17, 15) is 54.1 Å². The number of nitrogens with two attached hydrogens (primary N) is 2. The summed E-state index contributed by atoms with van der Waals surface area (Å²) < 4.78 is 103. The predicted molar refractivity (Wildman–Crippen MR) is 225 cm³/mol. The molecule has 25 heteroatoms. The summed E-state index contributed by atoms with van der Waals surface area (Å²) in [5.41, 5.74) is 12.6. The van der Waals surface area contributed by atoms with Crippen LogP contribution in [-0.2, 0) is 30.4 Å². The van der Waals surface area contributed by atoms with Crippen LogP contribution in [0.1, 0.15) is 0 Å². The number of nitro groups is 1. The van der Waals surface area contributed by atoms with Crippen LogP contribution in [-0.4, -0.2) is 48.9 Å². The van der Waals surface area contributed by atoms with Crippen LogP contribution < -0.4 is 41.0 Å². The average molecular weight is 921 g/mol. The second-order valence-corrected chi connectivity index (χ2v) is 17.3. The molecule has 0 radical (unpaired) electrons. The van der Waals surface area contributed by atoms with Crippen molar-refractivity contribution in [3.05, 3.63) is 125 Å². The zero-order valence-corrected chi connectivity index (χ0v) is 36.5. The molecule has 0 aliphatic rings. The van der Waals surface area contributed by atoms with E-state index in [1.807, 2.05) is 0 Å². The maximum atomic E-state index is 12.5. The third kappa shape index (κ3) is 9.88. The summed E-state index contributed by atoms with van der Waals surface area (Å²) in [7, 11) is -14.8. The molecule has 0 spiro atoms. The maximum Gasteiger partial charge on any atom is 1.00 e. The number of hydrogen-bond acceptors (Lipinski definition) is 17. The molecule has 7 aromatic carbocycles. The van der Waals surface area contributed by atoms with Crippen molar-refractivity contribution in [2.45, 2.75) is 14.7 Å². The van der Waals surface area contributed by atoms with Crippen LogP contribution in [0, 0.1) is 10.1 Å². The predicted octanol–water partition coefficient (Wildman–Crippen LogP) is 6.43. The zero-order valence-electron chi connectivity index (χ0n) is 32.0. The van der Waals surface area contributed by atoms with Crippen molar-refractivity contribution in [3.8, 4) is 16.9 Å². The van der Waals surface area contributed by atoms with Crippen molar-refractivity contribution in [3.63, 3.8) is 0 Å². The van der Waals surface area contributed by atoms with Gasteiger partial charge in [0.05, 0.1) is 43.6 Å². The first-order chi connectivity index (χ1) is 29.2. The fourth-order valence-electron chi connectivity index (χ4n) is 6.10. The summed E-state index contributed by atoms with van der Waals surface area (Å²) in [5, 5.41) is 46.5. The summed E-state index contributed by atoms with van der Waals surface area (Å²) in [6.07, 6.45) is 0. The van der Waals surface area contributed by atoms with Gasteiger partial charge in [0.2, 0.25) is 0 Å². The molecule has 0 fully saturated rings. The standard InChI is InChI=1S/C38H27N9O12S3.Na/c39-30-15-16-31(29-19-27(60(51,52)53)13-14-28(29)30)44-41-23-5-1-20(2-6-23)21-3-7-24(8-4-21)43-46-37-33(62(57,58)59)18-22-17-32(61(54,55)56)36(35(40)34(22)38(37)48)45-42-25-9-11-26(12-10-25)47(49)50;/h1-19,48H,39-40H2,(H,51,52,53)(H,54,55,56)(H,57,58,59);/q;+1. The van der Waals surface area contributed by atoms with E-state index in [4.69, 9.17) is 11.5 Å². The van der Waals surface area contributed by atoms with E-state index >= 15 is 0 Å². The molecule has 21 nitrogen and oxygen atoms in total. The summed E-state index contributed by atoms with van der Waals surface area (Å²) in [6, 6.07) is 26.3. The molecule has 0 heterocycles. The van der Waals surface area contributed by atoms with E-state index in [-0.39, 0.29) is 56.9 Å². The Morgan fingerprint density at radius 2 is 1.02 bits per heavy atom. The number of nitrogens with zero attached hydrogens (tertiary/aromatic N) is 7. The Morgan fingerprint density at radius 3 is 1.51 bits per heavy atom. The molecule has 0 unspecified atom stereocenters. The number of fused-ring (bicyclic) bond motifs is 2. The third-order valence-electron chi connectivity index (χ3n) is 9.10. The quantitative estimate of drug-likeness (QED) is 0.0203. The van der Waals surface area contributed by atoms with Gasteiger partial charge in [0.15, 0.2) is 5.75 Å². The Morgan fingerprint density at radius 1 is 0.540 bits per heavy atom. The van der Waals surface area contributed by atoms with Crippen molar-refractivity contribution < 1.29 is 78.5 Å². The molecule has 0 saturated carbocycles. The van der Waals surface area contributed by atoms with Gasteiger partial charge in [-0.2, -0.15) is 40.6 Å². The van der Waals surface area contributed by atoms with Gasteiger partial charge >= 0.3 is 29.6 Å². The number of anilines is 2. The molecular weight excluding hydrogens is 894 g/mol. The number of phenolic OH excluding ortho intramolecular Hbond substituents is 1. The molecule has 0 atom stereocenters. The van der Waals surface area contributed by atoms with Gasteiger partial charge in [-0.05, 0) is 89.3 Å². The van der Waals surface area contributed by atoms with Crippen LogP contribution >= 0.6 is 0 Å². The number of hydrogen-bond donors (Lipinski definition) is 6. The van der Waals surface area contributed by atoms with Gasteiger partial charge in [-0.3, -0.25) is 23.8 Å². The summed E-state index contributed by atoms with van der Waals surface area (Å²) in [5.74, 6) is -0.966. The molecule has 0 amide bonds. The Labute approximate surface area is 378 Å². The SMILES string of the molecule is Nc1ccc(N=Nc2ccc(-c3ccc(N=Nc4c(S(=O)(=O)O)cc5cc(S(=O)(=O)O)c(N=Nc6ccc([N+](=O)[O-])cc6)c(N)c5c4O)cc3)cc2)c2cc(S(=O)(=O)O)ccc12.[Na+]. The van der Waals surface area contributed by atoms with E-state index in [1.54, 1.807) is 48.5 Å². The number of benzene rings is 7. The second kappa shape index (κ2) is 17.6. The van der Waals surface area contributed by atoms with Gasteiger partial charge in [0.25, 0.3) is 36.0 Å². The zero-order chi connectivity index (χ0) is 44.7. The molecule has 0 aromatic heterocycles. The largest absolute Gasteiger partial charge is 1.00 e. The summed E-state index contributed by atoms with van der Waals surface area (Å²) >= 11 is 0. The van der Waals surface area contributed by atoms with Crippen LogP contribution in [0.5, 0.6) is 5.75 Å². The van der Waals surface area contributed by atoms with Crippen LogP contribution in [0.3, 0.4) is 0 Å². The van der Waals surface area contributed by atoms with Crippen molar-refractivity contribution in [1.82, 2.24) is 0 Å². The number of aromatic hydroxyl groups is 1. The molecule has 0 aliphatic heterocycles. The van der Waals surface area contributed by atoms with Crippen LogP contribution in [0.2, 0.25) is 0 Å². The minimum atomic E-state index is -5.17. The first-order valence-corrected chi connectivity index (χ1v) is 21.6. The Balaban J connectivity index is 0.00000661. The van der Waals surface area contributed by atoms with E-state index in [0.717, 1.165) is 29.8 Å².